The van der Waals surface area contributed by atoms with Gasteiger partial charge in [0.25, 0.3) is 0 Å². The van der Waals surface area contributed by atoms with Crippen molar-refractivity contribution in [2.45, 2.75) is 37.6 Å². The Balaban J connectivity index is 1.30. The van der Waals surface area contributed by atoms with Gasteiger partial charge in [0, 0.05) is 31.6 Å². The zero-order valence-corrected chi connectivity index (χ0v) is 24.6. The predicted molar refractivity (Wildman–Crippen MR) is 161 cm³/mol. The van der Waals surface area contributed by atoms with E-state index >= 15 is 0 Å². The number of nitrogens with one attached hydrogen (secondary N) is 1. The second-order valence-corrected chi connectivity index (χ2v) is 12.0. The standard InChI is InChI=1S/C31H37N5O4S/c1-4-5-22-40-24-14-16-25(17-15-24)41(37,38)36-20-18-35(19-21-36)23(2)30-32-27-11-7-6-10-26(27)31(34-30)33-28-12-8-9-13-29(28)39-3/h6-17,23H,4-5,18-22H2,1-3H3,(H,32,33,34)/t23-/m1/s1. The molecule has 1 aromatic heterocycles. The Hall–Kier alpha value is -3.73. The number of ether oxygens (including phenoxy) is 2. The summed E-state index contributed by atoms with van der Waals surface area (Å²) >= 11 is 0. The molecule has 0 bridgehead atoms. The minimum Gasteiger partial charge on any atom is -0.495 e. The number of aromatic nitrogens is 2. The molecule has 0 aliphatic carbocycles. The van der Waals surface area contributed by atoms with Crippen molar-refractivity contribution in [3.8, 4) is 11.5 Å². The monoisotopic (exact) mass is 575 g/mol. The number of benzene rings is 3. The molecular weight excluding hydrogens is 538 g/mol. The van der Waals surface area contributed by atoms with Gasteiger partial charge in [-0.3, -0.25) is 4.90 Å². The van der Waals surface area contributed by atoms with E-state index in [1.165, 1.54) is 0 Å². The second kappa shape index (κ2) is 12.8. The van der Waals surface area contributed by atoms with Gasteiger partial charge in [0.15, 0.2) is 0 Å². The van der Waals surface area contributed by atoms with Crippen LogP contribution in [0, 0.1) is 0 Å². The summed E-state index contributed by atoms with van der Waals surface area (Å²) in [5.41, 5.74) is 1.65. The minimum atomic E-state index is -3.60. The molecule has 0 unspecified atom stereocenters. The fourth-order valence-corrected chi connectivity index (χ4v) is 6.36. The number of hydrogen-bond donors (Lipinski definition) is 1. The SMILES string of the molecule is CCCCOc1ccc(S(=O)(=O)N2CCN([C@H](C)c3nc(Nc4ccccc4OC)c4ccccc4n3)CC2)cc1. The van der Waals surface area contributed by atoms with E-state index < -0.39 is 10.0 Å². The Kier molecular flexibility index (Phi) is 9.02. The lowest BCUT2D eigenvalue weighted by Crippen LogP contribution is -2.49. The van der Waals surface area contributed by atoms with Crippen LogP contribution in [0.5, 0.6) is 11.5 Å². The van der Waals surface area contributed by atoms with Crippen molar-refractivity contribution in [2.24, 2.45) is 0 Å². The van der Waals surface area contributed by atoms with Crippen molar-refractivity contribution in [1.82, 2.24) is 19.2 Å². The van der Waals surface area contributed by atoms with Crippen molar-refractivity contribution < 1.29 is 17.9 Å². The van der Waals surface area contributed by atoms with Gasteiger partial charge < -0.3 is 14.8 Å². The largest absolute Gasteiger partial charge is 0.495 e. The average molecular weight is 576 g/mol. The molecule has 1 atom stereocenters. The number of unbranched alkanes of at least 4 members (excludes halogenated alkanes) is 1. The molecule has 0 radical (unpaired) electrons. The topological polar surface area (TPSA) is 96.9 Å². The quantitative estimate of drug-likeness (QED) is 0.230. The molecule has 4 aromatic rings. The third kappa shape index (κ3) is 6.45. The first kappa shape index (κ1) is 28.8. The highest BCUT2D eigenvalue weighted by atomic mass is 32.2. The van der Waals surface area contributed by atoms with Gasteiger partial charge in [-0.25, -0.2) is 18.4 Å². The lowest BCUT2D eigenvalue weighted by molar-refractivity contribution is 0.141. The Morgan fingerprint density at radius 1 is 0.927 bits per heavy atom. The molecule has 1 fully saturated rings. The van der Waals surface area contributed by atoms with E-state index in [0.717, 1.165) is 35.2 Å². The molecule has 216 valence electrons. The molecule has 1 aliphatic heterocycles. The van der Waals surface area contributed by atoms with E-state index in [2.05, 4.69) is 24.1 Å². The van der Waals surface area contributed by atoms with Crippen LogP contribution in [-0.4, -0.2) is 67.5 Å². The molecule has 1 saturated heterocycles. The van der Waals surface area contributed by atoms with Crippen LogP contribution in [-0.2, 0) is 10.0 Å². The summed E-state index contributed by atoms with van der Waals surface area (Å²) in [5, 5.41) is 4.35. The smallest absolute Gasteiger partial charge is 0.243 e. The summed E-state index contributed by atoms with van der Waals surface area (Å²) in [7, 11) is -1.95. The van der Waals surface area contributed by atoms with Crippen molar-refractivity contribution in [2.75, 3.05) is 45.2 Å². The molecule has 0 spiro atoms. The highest BCUT2D eigenvalue weighted by Crippen LogP contribution is 2.32. The average Bonchev–Trinajstić information content (AvgIpc) is 3.01. The number of nitrogens with zero attached hydrogens (tertiary/aromatic N) is 4. The highest BCUT2D eigenvalue weighted by Gasteiger charge is 2.31. The van der Waals surface area contributed by atoms with Crippen LogP contribution < -0.4 is 14.8 Å². The number of methoxy groups -OCH3 is 1. The van der Waals surface area contributed by atoms with Crippen LogP contribution in [0.4, 0.5) is 11.5 Å². The van der Waals surface area contributed by atoms with E-state index in [-0.39, 0.29) is 10.9 Å². The summed E-state index contributed by atoms with van der Waals surface area (Å²) in [6.07, 6.45) is 2.01. The summed E-state index contributed by atoms with van der Waals surface area (Å²) in [4.78, 5) is 12.3. The zero-order chi connectivity index (χ0) is 28.8. The van der Waals surface area contributed by atoms with Crippen molar-refractivity contribution >= 4 is 32.4 Å². The van der Waals surface area contributed by atoms with Crippen LogP contribution in [0.15, 0.2) is 77.7 Å². The van der Waals surface area contributed by atoms with Crippen LogP contribution in [0.1, 0.15) is 38.6 Å². The normalized spacial score (nSPS) is 15.5. The zero-order valence-electron chi connectivity index (χ0n) is 23.8. The molecule has 1 aliphatic rings. The molecule has 0 saturated carbocycles. The number of para-hydroxylation sites is 3. The van der Waals surface area contributed by atoms with Gasteiger partial charge in [-0.05, 0) is 61.9 Å². The Labute approximate surface area is 242 Å². The second-order valence-electron chi connectivity index (χ2n) is 10.1. The fourth-order valence-electron chi connectivity index (χ4n) is 4.94. The van der Waals surface area contributed by atoms with Crippen LogP contribution in [0.2, 0.25) is 0 Å². The van der Waals surface area contributed by atoms with Crippen molar-refractivity contribution in [3.63, 3.8) is 0 Å². The molecule has 0 amide bonds. The van der Waals surface area contributed by atoms with Gasteiger partial charge in [0.1, 0.15) is 23.1 Å². The van der Waals surface area contributed by atoms with Crippen molar-refractivity contribution in [3.05, 3.63) is 78.6 Å². The predicted octanol–water partition coefficient (Wildman–Crippen LogP) is 5.63. The molecule has 2 heterocycles. The first-order valence-corrected chi connectivity index (χ1v) is 15.5. The van der Waals surface area contributed by atoms with Gasteiger partial charge in [-0.1, -0.05) is 37.6 Å². The number of rotatable bonds is 11. The maximum atomic E-state index is 13.3. The molecular formula is C31H37N5O4S. The van der Waals surface area contributed by atoms with E-state index in [4.69, 9.17) is 19.4 Å². The maximum absolute atomic E-state index is 13.3. The number of fused-ring (bicyclic) bond motifs is 1. The first-order valence-electron chi connectivity index (χ1n) is 14.0. The number of hydrogen-bond acceptors (Lipinski definition) is 8. The van der Waals surface area contributed by atoms with E-state index in [9.17, 15) is 8.42 Å². The number of piperazine rings is 1. The molecule has 1 N–H and O–H groups in total. The first-order chi connectivity index (χ1) is 19.9. The molecule has 9 nitrogen and oxygen atoms in total. The number of sulfonamides is 1. The number of anilines is 2. The third-order valence-corrected chi connectivity index (χ3v) is 9.32. The van der Waals surface area contributed by atoms with E-state index in [1.807, 2.05) is 48.5 Å². The summed E-state index contributed by atoms with van der Waals surface area (Å²) in [6.45, 7) is 6.73. The summed E-state index contributed by atoms with van der Waals surface area (Å²) in [6, 6.07) is 22.2. The Morgan fingerprint density at radius 2 is 1.63 bits per heavy atom. The summed E-state index contributed by atoms with van der Waals surface area (Å²) < 4.78 is 39.5. The highest BCUT2D eigenvalue weighted by molar-refractivity contribution is 7.89. The Morgan fingerprint density at radius 3 is 2.37 bits per heavy atom. The molecule has 3 aromatic carbocycles. The van der Waals surface area contributed by atoms with E-state index in [1.54, 1.807) is 35.7 Å². The van der Waals surface area contributed by atoms with Gasteiger partial charge >= 0.3 is 0 Å². The molecule has 5 rings (SSSR count). The van der Waals surface area contributed by atoms with Gasteiger partial charge in [0.2, 0.25) is 10.0 Å². The Bertz CT molecular complexity index is 1570. The maximum Gasteiger partial charge on any atom is 0.243 e. The van der Waals surface area contributed by atoms with Crippen LogP contribution >= 0.6 is 0 Å². The third-order valence-electron chi connectivity index (χ3n) is 7.40. The summed E-state index contributed by atoms with van der Waals surface area (Å²) in [5.74, 6) is 2.79. The van der Waals surface area contributed by atoms with Crippen LogP contribution in [0.3, 0.4) is 0 Å². The van der Waals surface area contributed by atoms with Gasteiger partial charge in [-0.2, -0.15) is 4.31 Å². The van der Waals surface area contributed by atoms with E-state index in [0.29, 0.717) is 50.2 Å². The van der Waals surface area contributed by atoms with Crippen LogP contribution in [0.25, 0.3) is 10.9 Å². The molecule has 41 heavy (non-hydrogen) atoms. The lowest BCUT2D eigenvalue weighted by Gasteiger charge is -2.36. The fraction of sp³-hybridized carbons (Fsp3) is 0.355. The van der Waals surface area contributed by atoms with Gasteiger partial charge in [-0.15, -0.1) is 0 Å². The van der Waals surface area contributed by atoms with Gasteiger partial charge in [0.05, 0.1) is 35.9 Å². The minimum absolute atomic E-state index is 0.109. The molecule has 10 heteroatoms. The lowest BCUT2D eigenvalue weighted by atomic mass is 10.2. The van der Waals surface area contributed by atoms with Crippen molar-refractivity contribution in [1.29, 1.82) is 0 Å².